The summed E-state index contributed by atoms with van der Waals surface area (Å²) in [6.45, 7) is 2.25. The van der Waals surface area contributed by atoms with Gasteiger partial charge in [-0.1, -0.05) is 57.6 Å². The van der Waals surface area contributed by atoms with Crippen molar-refractivity contribution in [3.05, 3.63) is 12.2 Å². The van der Waals surface area contributed by atoms with Crippen molar-refractivity contribution in [1.82, 2.24) is 0 Å². The standard InChI is InChI=1S/C22H45NO4Si.ClH/c1-5-6-7-8-9-10-11-12-13-14-15-16-18-21(22(23)24)19-17-20-28(25-2,26-3)27-4;/h10-11,21H,5-9,12-20H2,1-4H3,(H2,23,24);1H. The van der Waals surface area contributed by atoms with Gasteiger partial charge in [-0.15, -0.1) is 12.4 Å². The normalized spacial score (nSPS) is 12.8. The van der Waals surface area contributed by atoms with Crippen LogP contribution < -0.4 is 5.73 Å². The van der Waals surface area contributed by atoms with Gasteiger partial charge in [-0.2, -0.15) is 0 Å². The van der Waals surface area contributed by atoms with Gasteiger partial charge in [0, 0.05) is 33.3 Å². The second-order valence-corrected chi connectivity index (χ2v) is 10.7. The van der Waals surface area contributed by atoms with Crippen molar-refractivity contribution in [2.24, 2.45) is 11.7 Å². The number of allylic oxidation sites excluding steroid dienone is 2. The van der Waals surface area contributed by atoms with Crippen LogP contribution in [0.25, 0.3) is 0 Å². The van der Waals surface area contributed by atoms with Crippen LogP contribution in [0.5, 0.6) is 0 Å². The molecule has 0 rings (SSSR count). The SMILES string of the molecule is CCCCCCC=CCCCCCCC(CCC[Si](OC)(OC)OC)C(N)=O.Cl. The molecule has 0 spiro atoms. The Morgan fingerprint density at radius 3 is 1.79 bits per heavy atom. The Bertz CT molecular complexity index is 398. The zero-order valence-electron chi connectivity index (χ0n) is 19.3. The summed E-state index contributed by atoms with van der Waals surface area (Å²) in [5.41, 5.74) is 5.59. The van der Waals surface area contributed by atoms with E-state index in [0.29, 0.717) is 6.04 Å². The number of carbonyl (C=O) groups is 1. The first kappa shape index (κ1) is 30.8. The van der Waals surface area contributed by atoms with Crippen molar-refractivity contribution >= 4 is 27.1 Å². The average Bonchev–Trinajstić information content (AvgIpc) is 2.70. The molecule has 29 heavy (non-hydrogen) atoms. The quantitative estimate of drug-likeness (QED) is 0.139. The van der Waals surface area contributed by atoms with Gasteiger partial charge < -0.3 is 19.0 Å². The lowest BCUT2D eigenvalue weighted by Crippen LogP contribution is -2.42. The van der Waals surface area contributed by atoms with Crippen molar-refractivity contribution < 1.29 is 18.1 Å². The summed E-state index contributed by atoms with van der Waals surface area (Å²) < 4.78 is 16.3. The molecule has 0 fully saturated rings. The van der Waals surface area contributed by atoms with E-state index in [1.807, 2.05) is 0 Å². The van der Waals surface area contributed by atoms with Gasteiger partial charge >= 0.3 is 8.80 Å². The van der Waals surface area contributed by atoms with E-state index < -0.39 is 8.80 Å². The number of halogens is 1. The van der Waals surface area contributed by atoms with Crippen molar-refractivity contribution in [3.8, 4) is 0 Å². The second-order valence-electron chi connectivity index (χ2n) is 7.60. The molecule has 0 aliphatic heterocycles. The Morgan fingerprint density at radius 2 is 1.31 bits per heavy atom. The van der Waals surface area contributed by atoms with Gasteiger partial charge in [-0.3, -0.25) is 4.79 Å². The third-order valence-corrected chi connectivity index (χ3v) is 8.27. The van der Waals surface area contributed by atoms with Crippen LogP contribution in [0.4, 0.5) is 0 Å². The minimum atomic E-state index is -2.55. The van der Waals surface area contributed by atoms with Gasteiger partial charge in [0.25, 0.3) is 0 Å². The van der Waals surface area contributed by atoms with Gasteiger partial charge in [-0.25, -0.2) is 0 Å². The van der Waals surface area contributed by atoms with E-state index in [1.165, 1.54) is 57.8 Å². The Balaban J connectivity index is 0. The van der Waals surface area contributed by atoms with E-state index in [2.05, 4.69) is 19.1 Å². The first-order chi connectivity index (χ1) is 13.5. The van der Waals surface area contributed by atoms with E-state index in [4.69, 9.17) is 19.0 Å². The van der Waals surface area contributed by atoms with Crippen LogP contribution in [0.15, 0.2) is 12.2 Å². The summed E-state index contributed by atoms with van der Waals surface area (Å²) in [5.74, 6) is -0.245. The van der Waals surface area contributed by atoms with Crippen molar-refractivity contribution in [2.45, 2.75) is 96.4 Å². The number of rotatable bonds is 20. The fourth-order valence-electron chi connectivity index (χ4n) is 3.48. The fourth-order valence-corrected chi connectivity index (χ4v) is 5.23. The number of primary amides is 1. The summed E-state index contributed by atoms with van der Waals surface area (Å²) >= 11 is 0. The summed E-state index contributed by atoms with van der Waals surface area (Å²) in [7, 11) is 2.31. The molecule has 0 aliphatic carbocycles. The number of carbonyl (C=O) groups excluding carboxylic acids is 1. The maximum atomic E-state index is 11.7. The number of unbranched alkanes of at least 4 members (excludes halogenated alkanes) is 8. The average molecular weight is 452 g/mol. The summed E-state index contributed by atoms with van der Waals surface area (Å²) in [6, 6.07) is 0.713. The molecule has 0 heterocycles. The predicted octanol–water partition coefficient (Wildman–Crippen LogP) is 6.04. The smallest absolute Gasteiger partial charge is 0.377 e. The van der Waals surface area contributed by atoms with E-state index >= 15 is 0 Å². The molecule has 2 N–H and O–H groups in total. The van der Waals surface area contributed by atoms with Crippen LogP contribution in [0.1, 0.15) is 90.4 Å². The molecule has 5 nitrogen and oxygen atoms in total. The third kappa shape index (κ3) is 16.0. The Hall–Kier alpha value is -0.403. The molecule has 1 amide bonds. The fraction of sp³-hybridized carbons (Fsp3) is 0.864. The Labute approximate surface area is 186 Å². The molecular formula is C22H46ClNO4Si. The highest BCUT2D eigenvalue weighted by Gasteiger charge is 2.37. The molecule has 0 radical (unpaired) electrons. The van der Waals surface area contributed by atoms with E-state index in [0.717, 1.165) is 25.7 Å². The van der Waals surface area contributed by atoms with Gasteiger partial charge in [0.1, 0.15) is 0 Å². The predicted molar refractivity (Wildman–Crippen MR) is 126 cm³/mol. The lowest BCUT2D eigenvalue weighted by Gasteiger charge is -2.24. The highest BCUT2D eigenvalue weighted by Crippen LogP contribution is 2.22. The molecule has 1 unspecified atom stereocenters. The largest absolute Gasteiger partial charge is 0.500 e. The van der Waals surface area contributed by atoms with Crippen molar-refractivity contribution in [1.29, 1.82) is 0 Å². The Morgan fingerprint density at radius 1 is 0.828 bits per heavy atom. The molecule has 0 aromatic carbocycles. The topological polar surface area (TPSA) is 70.8 Å². The first-order valence-corrected chi connectivity index (χ1v) is 13.1. The third-order valence-electron chi connectivity index (χ3n) is 5.44. The monoisotopic (exact) mass is 451 g/mol. The van der Waals surface area contributed by atoms with Crippen LogP contribution in [0.2, 0.25) is 6.04 Å². The van der Waals surface area contributed by atoms with Crippen LogP contribution in [-0.2, 0) is 18.1 Å². The van der Waals surface area contributed by atoms with E-state index in [1.54, 1.807) is 21.3 Å². The maximum Gasteiger partial charge on any atom is 0.500 e. The number of amides is 1. The minimum Gasteiger partial charge on any atom is -0.377 e. The van der Waals surface area contributed by atoms with Crippen molar-refractivity contribution in [3.63, 3.8) is 0 Å². The maximum absolute atomic E-state index is 11.7. The molecule has 0 saturated carbocycles. The summed E-state index contributed by atoms with van der Waals surface area (Å²) in [4.78, 5) is 11.7. The molecular weight excluding hydrogens is 406 g/mol. The lowest BCUT2D eigenvalue weighted by molar-refractivity contribution is -0.122. The van der Waals surface area contributed by atoms with Crippen LogP contribution in [-0.4, -0.2) is 36.0 Å². The van der Waals surface area contributed by atoms with Crippen LogP contribution in [0.3, 0.4) is 0 Å². The molecule has 0 aliphatic rings. The van der Waals surface area contributed by atoms with Gasteiger partial charge in [0.2, 0.25) is 5.91 Å². The molecule has 0 bridgehead atoms. The first-order valence-electron chi connectivity index (χ1n) is 11.1. The second kappa shape index (κ2) is 20.9. The van der Waals surface area contributed by atoms with Gasteiger partial charge in [0.05, 0.1) is 0 Å². The number of hydrogen-bond donors (Lipinski definition) is 1. The Kier molecular flexibility index (Phi) is 22.1. The zero-order chi connectivity index (χ0) is 21.1. The lowest BCUT2D eigenvalue weighted by atomic mass is 9.95. The molecule has 1 atom stereocenters. The van der Waals surface area contributed by atoms with Gasteiger partial charge in [0.15, 0.2) is 0 Å². The minimum absolute atomic E-state index is 0. The van der Waals surface area contributed by atoms with E-state index in [-0.39, 0.29) is 24.2 Å². The molecule has 7 heteroatoms. The highest BCUT2D eigenvalue weighted by atomic mass is 35.5. The highest BCUT2D eigenvalue weighted by molar-refractivity contribution is 6.60. The van der Waals surface area contributed by atoms with Crippen LogP contribution >= 0.6 is 12.4 Å². The molecule has 174 valence electrons. The molecule has 0 saturated heterocycles. The molecule has 0 aromatic heterocycles. The number of nitrogens with two attached hydrogens (primary N) is 1. The molecule has 0 aromatic rings. The summed E-state index contributed by atoms with van der Waals surface area (Å²) in [6.07, 6.45) is 19.6. The number of hydrogen-bond acceptors (Lipinski definition) is 4. The summed E-state index contributed by atoms with van der Waals surface area (Å²) in [5, 5.41) is 0. The van der Waals surface area contributed by atoms with Crippen LogP contribution in [0, 0.1) is 5.92 Å². The van der Waals surface area contributed by atoms with E-state index in [9.17, 15) is 4.79 Å². The van der Waals surface area contributed by atoms with Gasteiger partial charge in [-0.05, 0) is 44.9 Å². The zero-order valence-corrected chi connectivity index (χ0v) is 21.1. The van der Waals surface area contributed by atoms with Crippen molar-refractivity contribution in [2.75, 3.05) is 21.3 Å².